The fourth-order valence-corrected chi connectivity index (χ4v) is 5.20. The molecule has 0 unspecified atom stereocenters. The normalized spacial score (nSPS) is 18.1. The lowest BCUT2D eigenvalue weighted by molar-refractivity contribution is -0.135. The smallest absolute Gasteiger partial charge is 0.254 e. The maximum atomic E-state index is 13.8. The van der Waals surface area contributed by atoms with E-state index in [1.165, 1.54) is 0 Å². The summed E-state index contributed by atoms with van der Waals surface area (Å²) >= 11 is 12.3. The molecule has 2 heterocycles. The second-order valence-corrected chi connectivity index (χ2v) is 10.5. The zero-order chi connectivity index (χ0) is 28.1. The Hall–Kier alpha value is -4.06. The van der Waals surface area contributed by atoms with Crippen LogP contribution in [0.25, 0.3) is 0 Å². The lowest BCUT2D eigenvalue weighted by atomic mass is 10.1. The molecule has 10 heteroatoms. The summed E-state index contributed by atoms with van der Waals surface area (Å²) in [7, 11) is 0. The molecule has 2 fully saturated rings. The summed E-state index contributed by atoms with van der Waals surface area (Å²) in [6.45, 7) is 2.75. The number of oxime groups is 1. The summed E-state index contributed by atoms with van der Waals surface area (Å²) in [5.41, 5.74) is 3.42. The molecule has 0 saturated carbocycles. The molecule has 8 nitrogen and oxygen atoms in total. The van der Waals surface area contributed by atoms with E-state index in [0.717, 1.165) is 11.3 Å². The van der Waals surface area contributed by atoms with Gasteiger partial charge < -0.3 is 19.5 Å². The van der Waals surface area contributed by atoms with Gasteiger partial charge in [0.25, 0.3) is 5.91 Å². The highest BCUT2D eigenvalue weighted by Crippen LogP contribution is 2.28. The van der Waals surface area contributed by atoms with Crippen molar-refractivity contribution in [1.82, 2.24) is 9.80 Å². The van der Waals surface area contributed by atoms with Crippen molar-refractivity contribution in [2.75, 3.05) is 37.6 Å². The number of carbonyl (C=O) groups is 2. The van der Waals surface area contributed by atoms with Crippen molar-refractivity contribution in [3.8, 4) is 6.07 Å². The monoisotopic (exact) mass is 575 g/mol. The molecule has 0 N–H and O–H groups in total. The van der Waals surface area contributed by atoms with Crippen LogP contribution in [0, 0.1) is 11.3 Å². The SMILES string of the molecule is N#Cc1ccc(C(=O)N2CC(=NOCc3ccccc3)C[C@H]2C(=O)N2CCN(c3ccc(Cl)c(Cl)c3)CC2)cc1. The van der Waals surface area contributed by atoms with Gasteiger partial charge in [0, 0.05) is 43.9 Å². The average Bonchev–Trinajstić information content (AvgIpc) is 3.42. The van der Waals surface area contributed by atoms with Crippen molar-refractivity contribution in [1.29, 1.82) is 5.26 Å². The van der Waals surface area contributed by atoms with Gasteiger partial charge in [-0.15, -0.1) is 0 Å². The molecule has 1 atom stereocenters. The van der Waals surface area contributed by atoms with Gasteiger partial charge in [-0.2, -0.15) is 5.26 Å². The number of hydrogen-bond acceptors (Lipinski definition) is 6. The highest BCUT2D eigenvalue weighted by Gasteiger charge is 2.41. The second kappa shape index (κ2) is 12.4. The minimum atomic E-state index is -0.696. The largest absolute Gasteiger partial charge is 0.391 e. The van der Waals surface area contributed by atoms with Gasteiger partial charge in [-0.25, -0.2) is 0 Å². The van der Waals surface area contributed by atoms with Gasteiger partial charge in [0.2, 0.25) is 5.91 Å². The van der Waals surface area contributed by atoms with Crippen LogP contribution in [0.4, 0.5) is 5.69 Å². The first kappa shape index (κ1) is 27.5. The number of carbonyl (C=O) groups excluding carboxylic acids is 2. The highest BCUT2D eigenvalue weighted by molar-refractivity contribution is 6.42. The van der Waals surface area contributed by atoms with E-state index in [1.54, 1.807) is 40.1 Å². The Morgan fingerprint density at radius 1 is 0.950 bits per heavy atom. The molecule has 2 aliphatic heterocycles. The summed E-state index contributed by atoms with van der Waals surface area (Å²) in [4.78, 5) is 38.4. The van der Waals surface area contributed by atoms with Gasteiger partial charge >= 0.3 is 0 Å². The van der Waals surface area contributed by atoms with E-state index in [4.69, 9.17) is 33.3 Å². The molecule has 0 aliphatic carbocycles. The maximum absolute atomic E-state index is 13.8. The zero-order valence-electron chi connectivity index (χ0n) is 21.7. The van der Waals surface area contributed by atoms with Crippen molar-refractivity contribution in [2.24, 2.45) is 5.16 Å². The third kappa shape index (κ3) is 6.22. The topological polar surface area (TPSA) is 89.2 Å². The number of amides is 2. The van der Waals surface area contributed by atoms with Crippen LogP contribution in [0.15, 0.2) is 78.0 Å². The standard InChI is InChI=1S/C30H27Cl2N5O3/c31-26-11-10-25(17-27(26)32)35-12-14-36(15-13-35)30(39)28-16-24(34-40-20-22-4-2-1-3-5-22)19-37(28)29(38)23-8-6-21(18-33)7-9-23/h1-11,17,28H,12-16,19-20H2/t28-/m0/s1. The number of nitriles is 1. The van der Waals surface area contributed by atoms with Gasteiger partial charge in [-0.3, -0.25) is 9.59 Å². The summed E-state index contributed by atoms with van der Waals surface area (Å²) in [5, 5.41) is 14.4. The van der Waals surface area contributed by atoms with Crippen LogP contribution in [0.2, 0.25) is 10.0 Å². The number of benzene rings is 3. The highest BCUT2D eigenvalue weighted by atomic mass is 35.5. The average molecular weight is 576 g/mol. The first-order chi connectivity index (χ1) is 19.4. The van der Waals surface area contributed by atoms with Gasteiger partial charge in [0.05, 0.1) is 33.9 Å². The number of nitrogens with zero attached hydrogens (tertiary/aromatic N) is 5. The molecule has 3 aromatic carbocycles. The van der Waals surface area contributed by atoms with E-state index < -0.39 is 6.04 Å². The Kier molecular flexibility index (Phi) is 8.54. The minimum absolute atomic E-state index is 0.121. The molecule has 0 spiro atoms. The van der Waals surface area contributed by atoms with E-state index in [2.05, 4.69) is 16.1 Å². The molecule has 3 aromatic rings. The molecule has 2 amide bonds. The van der Waals surface area contributed by atoms with Crippen LogP contribution in [-0.4, -0.2) is 66.1 Å². The molecular weight excluding hydrogens is 549 g/mol. The van der Waals surface area contributed by atoms with Gasteiger partial charge in [-0.05, 0) is 48.0 Å². The molecule has 40 heavy (non-hydrogen) atoms. The molecular formula is C30H27Cl2N5O3. The molecule has 0 bridgehead atoms. The Labute approximate surface area is 242 Å². The lowest BCUT2D eigenvalue weighted by Gasteiger charge is -2.38. The van der Waals surface area contributed by atoms with Crippen LogP contribution in [-0.2, 0) is 16.2 Å². The van der Waals surface area contributed by atoms with Crippen LogP contribution >= 0.6 is 23.2 Å². The Morgan fingerprint density at radius 3 is 2.35 bits per heavy atom. The van der Waals surface area contributed by atoms with Crippen molar-refractivity contribution >= 4 is 46.4 Å². The van der Waals surface area contributed by atoms with Crippen molar-refractivity contribution in [3.05, 3.63) is 99.5 Å². The van der Waals surface area contributed by atoms with Crippen molar-refractivity contribution in [3.63, 3.8) is 0 Å². The van der Waals surface area contributed by atoms with Crippen LogP contribution in [0.3, 0.4) is 0 Å². The number of rotatable bonds is 6. The van der Waals surface area contributed by atoms with E-state index in [1.807, 2.05) is 42.5 Å². The first-order valence-corrected chi connectivity index (χ1v) is 13.7. The van der Waals surface area contributed by atoms with Crippen LogP contribution in [0.1, 0.15) is 27.9 Å². The molecule has 0 aromatic heterocycles. The summed E-state index contributed by atoms with van der Waals surface area (Å²) in [5.74, 6) is -0.408. The molecule has 2 aliphatic rings. The molecule has 2 saturated heterocycles. The molecule has 204 valence electrons. The van der Waals surface area contributed by atoms with Gasteiger partial charge in [0.15, 0.2) is 0 Å². The third-order valence-corrected chi connectivity index (χ3v) is 7.83. The predicted molar refractivity (Wildman–Crippen MR) is 155 cm³/mol. The second-order valence-electron chi connectivity index (χ2n) is 9.67. The lowest BCUT2D eigenvalue weighted by Crippen LogP contribution is -2.54. The Morgan fingerprint density at radius 2 is 1.68 bits per heavy atom. The maximum Gasteiger partial charge on any atom is 0.254 e. The number of piperazine rings is 1. The number of hydrogen-bond donors (Lipinski definition) is 0. The fraction of sp³-hybridized carbons (Fsp3) is 0.267. The van der Waals surface area contributed by atoms with E-state index in [9.17, 15) is 9.59 Å². The van der Waals surface area contributed by atoms with Crippen molar-refractivity contribution in [2.45, 2.75) is 19.1 Å². The van der Waals surface area contributed by atoms with Crippen molar-refractivity contribution < 1.29 is 14.4 Å². The van der Waals surface area contributed by atoms with Gasteiger partial charge in [-0.1, -0.05) is 58.7 Å². The third-order valence-electron chi connectivity index (χ3n) is 7.09. The minimum Gasteiger partial charge on any atom is -0.391 e. The van der Waals surface area contributed by atoms with Crippen LogP contribution in [0.5, 0.6) is 0 Å². The number of anilines is 1. The number of likely N-dealkylation sites (tertiary alicyclic amines) is 1. The molecule has 5 rings (SSSR count). The summed E-state index contributed by atoms with van der Waals surface area (Å²) in [6.07, 6.45) is 0.294. The summed E-state index contributed by atoms with van der Waals surface area (Å²) < 4.78 is 0. The Balaban J connectivity index is 1.30. The quantitative estimate of drug-likeness (QED) is 0.386. The van der Waals surface area contributed by atoms with E-state index >= 15 is 0 Å². The van der Waals surface area contributed by atoms with E-state index in [-0.39, 0.29) is 18.4 Å². The predicted octanol–water partition coefficient (Wildman–Crippen LogP) is 5.00. The van der Waals surface area contributed by atoms with E-state index in [0.29, 0.717) is 66.1 Å². The zero-order valence-corrected chi connectivity index (χ0v) is 23.2. The first-order valence-electron chi connectivity index (χ1n) is 12.9. The Bertz CT molecular complexity index is 1450. The van der Waals surface area contributed by atoms with Gasteiger partial charge in [0.1, 0.15) is 12.6 Å². The summed E-state index contributed by atoms with van der Waals surface area (Å²) in [6, 6.07) is 23.0. The van der Waals surface area contributed by atoms with Crippen LogP contribution < -0.4 is 4.90 Å². The number of halogens is 2. The molecule has 0 radical (unpaired) electrons. The fourth-order valence-electron chi connectivity index (χ4n) is 4.91.